The van der Waals surface area contributed by atoms with E-state index in [-0.39, 0.29) is 11.2 Å². The van der Waals surface area contributed by atoms with Crippen LogP contribution in [0.3, 0.4) is 0 Å². The standard InChI is InChI=1S/C22H34FN3O2/c1-3-24-21(26-13-9-20(10-14-26)28-16-4-15-27-2)25-17-22(11-12-22)18-5-7-19(23)8-6-18/h5-8,20H,3-4,9-17H2,1-2H3,(H,24,25). The molecule has 0 amide bonds. The van der Waals surface area contributed by atoms with Crippen LogP contribution in [-0.4, -0.2) is 63.5 Å². The highest BCUT2D eigenvalue weighted by Crippen LogP contribution is 2.48. The molecule has 2 fully saturated rings. The fourth-order valence-electron chi connectivity index (χ4n) is 3.83. The molecule has 1 heterocycles. The fourth-order valence-corrected chi connectivity index (χ4v) is 3.83. The zero-order valence-electron chi connectivity index (χ0n) is 17.3. The van der Waals surface area contributed by atoms with Crippen LogP contribution in [0.2, 0.25) is 0 Å². The van der Waals surface area contributed by atoms with E-state index < -0.39 is 0 Å². The maximum atomic E-state index is 13.2. The summed E-state index contributed by atoms with van der Waals surface area (Å²) < 4.78 is 24.3. The smallest absolute Gasteiger partial charge is 0.193 e. The van der Waals surface area contributed by atoms with Gasteiger partial charge in [0, 0.05) is 45.4 Å². The Bertz CT molecular complexity index is 623. The van der Waals surface area contributed by atoms with Crippen molar-refractivity contribution in [2.45, 2.75) is 50.5 Å². The van der Waals surface area contributed by atoms with E-state index in [1.165, 1.54) is 5.56 Å². The Balaban J connectivity index is 1.53. The Morgan fingerprint density at radius 2 is 1.93 bits per heavy atom. The van der Waals surface area contributed by atoms with E-state index in [4.69, 9.17) is 14.5 Å². The number of piperidine rings is 1. The largest absolute Gasteiger partial charge is 0.385 e. The summed E-state index contributed by atoms with van der Waals surface area (Å²) in [6.45, 7) is 7.17. The number of hydrogen-bond donors (Lipinski definition) is 1. The molecule has 5 nitrogen and oxygen atoms in total. The van der Waals surface area contributed by atoms with E-state index in [9.17, 15) is 4.39 Å². The lowest BCUT2D eigenvalue weighted by Gasteiger charge is -2.34. The monoisotopic (exact) mass is 391 g/mol. The Labute approximate surface area is 168 Å². The van der Waals surface area contributed by atoms with E-state index in [0.29, 0.717) is 6.10 Å². The number of nitrogens with one attached hydrogen (secondary N) is 1. The van der Waals surface area contributed by atoms with Crippen LogP contribution in [0.4, 0.5) is 4.39 Å². The van der Waals surface area contributed by atoms with Crippen molar-refractivity contribution in [3.05, 3.63) is 35.6 Å². The second kappa shape index (κ2) is 10.2. The van der Waals surface area contributed by atoms with Crippen LogP contribution in [0.25, 0.3) is 0 Å². The van der Waals surface area contributed by atoms with Crippen molar-refractivity contribution < 1.29 is 13.9 Å². The van der Waals surface area contributed by atoms with Crippen LogP contribution in [0.15, 0.2) is 29.3 Å². The summed E-state index contributed by atoms with van der Waals surface area (Å²) in [5.41, 5.74) is 1.30. The molecule has 0 bridgehead atoms. The van der Waals surface area contributed by atoms with Crippen LogP contribution in [-0.2, 0) is 14.9 Å². The van der Waals surface area contributed by atoms with Gasteiger partial charge in [0.15, 0.2) is 5.96 Å². The van der Waals surface area contributed by atoms with Gasteiger partial charge in [0.1, 0.15) is 5.82 Å². The first kappa shape index (κ1) is 21.1. The molecule has 1 saturated carbocycles. The summed E-state index contributed by atoms with van der Waals surface area (Å²) in [6.07, 6.45) is 5.59. The molecule has 1 aromatic carbocycles. The molecule has 1 N–H and O–H groups in total. The van der Waals surface area contributed by atoms with E-state index in [1.54, 1.807) is 19.2 Å². The molecule has 0 unspecified atom stereocenters. The van der Waals surface area contributed by atoms with Crippen molar-refractivity contribution in [3.8, 4) is 0 Å². The molecule has 156 valence electrons. The van der Waals surface area contributed by atoms with Gasteiger partial charge in [-0.2, -0.15) is 0 Å². The van der Waals surface area contributed by atoms with Crippen molar-refractivity contribution in [2.24, 2.45) is 4.99 Å². The third-order valence-corrected chi connectivity index (χ3v) is 5.76. The average Bonchev–Trinajstić information content (AvgIpc) is 3.51. The minimum Gasteiger partial charge on any atom is -0.385 e. The molecule has 1 saturated heterocycles. The van der Waals surface area contributed by atoms with Gasteiger partial charge in [-0.05, 0) is 56.7 Å². The van der Waals surface area contributed by atoms with E-state index in [1.807, 2.05) is 12.1 Å². The summed E-state index contributed by atoms with van der Waals surface area (Å²) in [6, 6.07) is 6.94. The molecule has 3 rings (SSSR count). The average molecular weight is 392 g/mol. The van der Waals surface area contributed by atoms with E-state index >= 15 is 0 Å². The fraction of sp³-hybridized carbons (Fsp3) is 0.682. The van der Waals surface area contributed by atoms with Gasteiger partial charge >= 0.3 is 0 Å². The molecule has 28 heavy (non-hydrogen) atoms. The molecule has 1 aliphatic carbocycles. The number of hydrogen-bond acceptors (Lipinski definition) is 3. The number of ether oxygens (including phenoxy) is 2. The quantitative estimate of drug-likeness (QED) is 0.398. The van der Waals surface area contributed by atoms with E-state index in [0.717, 1.165) is 77.5 Å². The molecular weight excluding hydrogens is 357 g/mol. The number of likely N-dealkylation sites (tertiary alicyclic amines) is 1. The van der Waals surface area contributed by atoms with Crippen molar-refractivity contribution in [1.82, 2.24) is 10.2 Å². The van der Waals surface area contributed by atoms with Gasteiger partial charge < -0.3 is 19.7 Å². The Kier molecular flexibility index (Phi) is 7.68. The summed E-state index contributed by atoms with van der Waals surface area (Å²) in [5.74, 6) is 0.817. The number of halogens is 1. The van der Waals surface area contributed by atoms with Gasteiger partial charge in [-0.3, -0.25) is 4.99 Å². The zero-order chi connectivity index (χ0) is 19.8. The van der Waals surface area contributed by atoms with Crippen molar-refractivity contribution in [3.63, 3.8) is 0 Å². The summed E-state index contributed by atoms with van der Waals surface area (Å²) in [7, 11) is 1.72. The number of rotatable bonds is 9. The maximum absolute atomic E-state index is 13.2. The van der Waals surface area contributed by atoms with Crippen LogP contribution in [0.5, 0.6) is 0 Å². The Morgan fingerprint density at radius 1 is 1.21 bits per heavy atom. The van der Waals surface area contributed by atoms with Crippen LogP contribution < -0.4 is 5.32 Å². The third kappa shape index (κ3) is 5.67. The van der Waals surface area contributed by atoms with Crippen LogP contribution in [0.1, 0.15) is 44.6 Å². The molecule has 0 atom stereocenters. The highest BCUT2D eigenvalue weighted by Gasteiger charge is 2.44. The maximum Gasteiger partial charge on any atom is 0.193 e. The van der Waals surface area contributed by atoms with Gasteiger partial charge in [0.25, 0.3) is 0 Å². The number of methoxy groups -OCH3 is 1. The van der Waals surface area contributed by atoms with Gasteiger partial charge in [-0.1, -0.05) is 12.1 Å². The molecule has 0 radical (unpaired) electrons. The molecule has 6 heteroatoms. The van der Waals surface area contributed by atoms with Crippen LogP contribution >= 0.6 is 0 Å². The molecule has 0 aromatic heterocycles. The SMILES string of the molecule is CCNC(=NCC1(c2ccc(F)cc2)CC1)N1CCC(OCCCOC)CC1. The Hall–Kier alpha value is -1.66. The summed E-state index contributed by atoms with van der Waals surface area (Å²) in [4.78, 5) is 7.31. The third-order valence-electron chi connectivity index (χ3n) is 5.76. The minimum atomic E-state index is -0.177. The van der Waals surface area contributed by atoms with Crippen molar-refractivity contribution in [1.29, 1.82) is 0 Å². The van der Waals surface area contributed by atoms with Gasteiger partial charge in [0.2, 0.25) is 0 Å². The van der Waals surface area contributed by atoms with Gasteiger partial charge in [-0.25, -0.2) is 4.39 Å². The minimum absolute atomic E-state index is 0.0944. The first-order valence-electron chi connectivity index (χ1n) is 10.6. The summed E-state index contributed by atoms with van der Waals surface area (Å²) in [5, 5.41) is 3.45. The number of aliphatic imine (C=N–C) groups is 1. The first-order chi connectivity index (χ1) is 13.7. The molecule has 1 aromatic rings. The number of guanidine groups is 1. The summed E-state index contributed by atoms with van der Waals surface area (Å²) >= 11 is 0. The van der Waals surface area contributed by atoms with E-state index in [2.05, 4.69) is 17.1 Å². The lowest BCUT2D eigenvalue weighted by atomic mass is 9.96. The predicted molar refractivity (Wildman–Crippen MR) is 110 cm³/mol. The highest BCUT2D eigenvalue weighted by molar-refractivity contribution is 5.80. The normalized spacial score (nSPS) is 19.7. The number of benzene rings is 1. The topological polar surface area (TPSA) is 46.1 Å². The number of nitrogens with zero attached hydrogens (tertiary/aromatic N) is 2. The second-order valence-corrected chi connectivity index (χ2v) is 7.86. The second-order valence-electron chi connectivity index (χ2n) is 7.86. The lowest BCUT2D eigenvalue weighted by molar-refractivity contribution is 0.00990. The van der Waals surface area contributed by atoms with Crippen molar-refractivity contribution >= 4 is 5.96 Å². The van der Waals surface area contributed by atoms with Gasteiger partial charge in [0.05, 0.1) is 12.6 Å². The Morgan fingerprint density at radius 3 is 2.54 bits per heavy atom. The predicted octanol–water partition coefficient (Wildman–Crippen LogP) is 3.34. The molecular formula is C22H34FN3O2. The molecule has 0 spiro atoms. The van der Waals surface area contributed by atoms with Crippen molar-refractivity contribution in [2.75, 3.05) is 46.5 Å². The highest BCUT2D eigenvalue weighted by atomic mass is 19.1. The molecule has 1 aliphatic heterocycles. The van der Waals surface area contributed by atoms with Crippen LogP contribution in [0, 0.1) is 5.82 Å². The molecule has 2 aliphatic rings. The zero-order valence-corrected chi connectivity index (χ0v) is 17.3. The van der Waals surface area contributed by atoms with Gasteiger partial charge in [-0.15, -0.1) is 0 Å². The first-order valence-corrected chi connectivity index (χ1v) is 10.6. The lowest BCUT2D eigenvalue weighted by Crippen LogP contribution is -2.47.